The van der Waals surface area contributed by atoms with E-state index in [4.69, 9.17) is 0 Å². The molecule has 0 fully saturated rings. The Morgan fingerprint density at radius 2 is 2.09 bits per heavy atom. The minimum atomic E-state index is 0.0393. The van der Waals surface area contributed by atoms with E-state index in [1.165, 1.54) is 0 Å². The van der Waals surface area contributed by atoms with Gasteiger partial charge >= 0.3 is 0 Å². The minimum Gasteiger partial charge on any atom is -0.356 e. The molecular weight excluding hydrogens is 142 g/mol. The van der Waals surface area contributed by atoms with Crippen molar-refractivity contribution < 1.29 is 9.59 Å². The lowest BCUT2D eigenvalue weighted by molar-refractivity contribution is -0.121. The molecule has 0 radical (unpaired) electrons. The van der Waals surface area contributed by atoms with Gasteiger partial charge < -0.3 is 5.32 Å². The quantitative estimate of drug-likeness (QED) is 0.598. The van der Waals surface area contributed by atoms with E-state index in [9.17, 15) is 9.59 Å². The third kappa shape index (κ3) is 4.53. The highest BCUT2D eigenvalue weighted by atomic mass is 16.1. The smallest absolute Gasteiger partial charge is 0.207 e. The number of amides is 1. The Hall–Kier alpha value is -0.860. The largest absolute Gasteiger partial charge is 0.356 e. The van der Waals surface area contributed by atoms with Crippen LogP contribution in [-0.4, -0.2) is 18.2 Å². The Morgan fingerprint density at radius 1 is 1.55 bits per heavy atom. The van der Waals surface area contributed by atoms with Crippen LogP contribution < -0.4 is 5.32 Å². The summed E-state index contributed by atoms with van der Waals surface area (Å²) in [5.74, 6) is 0.210. The molecule has 0 aromatic carbocycles. The summed E-state index contributed by atoms with van der Waals surface area (Å²) in [6, 6.07) is 0.0893. The lowest BCUT2D eigenvalue weighted by Gasteiger charge is -2.13. The van der Waals surface area contributed by atoms with Crippen LogP contribution in [0.5, 0.6) is 0 Å². The zero-order valence-electron chi connectivity index (χ0n) is 7.26. The van der Waals surface area contributed by atoms with Crippen molar-refractivity contribution >= 4 is 12.2 Å². The lowest BCUT2D eigenvalue weighted by Crippen LogP contribution is -2.27. The van der Waals surface area contributed by atoms with E-state index in [0.717, 1.165) is 0 Å². The summed E-state index contributed by atoms with van der Waals surface area (Å²) in [6.07, 6.45) is 1.38. The van der Waals surface area contributed by atoms with Gasteiger partial charge in [-0.25, -0.2) is 0 Å². The highest BCUT2D eigenvalue weighted by Crippen LogP contribution is 2.05. The second-order valence-corrected chi connectivity index (χ2v) is 2.93. The van der Waals surface area contributed by atoms with Crippen LogP contribution in [0.25, 0.3) is 0 Å². The highest BCUT2D eigenvalue weighted by Gasteiger charge is 2.11. The average Bonchev–Trinajstić information content (AvgIpc) is 1.87. The first-order valence-electron chi connectivity index (χ1n) is 3.78. The standard InChI is InChI=1S/C8H15NO2/c1-6(8(3)11)4-7(2)9-5-10/h5-7H,4H2,1-3H3,(H,9,10)/t6?,7-/m1/s1. The van der Waals surface area contributed by atoms with Gasteiger partial charge in [0.15, 0.2) is 0 Å². The van der Waals surface area contributed by atoms with Crippen molar-refractivity contribution in [2.75, 3.05) is 0 Å². The Balaban J connectivity index is 3.64. The topological polar surface area (TPSA) is 46.2 Å². The molecule has 0 bridgehead atoms. The first-order chi connectivity index (χ1) is 5.07. The summed E-state index contributed by atoms with van der Waals surface area (Å²) in [5.41, 5.74) is 0. The molecule has 1 N–H and O–H groups in total. The van der Waals surface area contributed by atoms with E-state index < -0.39 is 0 Å². The van der Waals surface area contributed by atoms with E-state index in [2.05, 4.69) is 5.32 Å². The molecule has 1 unspecified atom stereocenters. The van der Waals surface area contributed by atoms with Crippen molar-refractivity contribution in [2.45, 2.75) is 33.2 Å². The van der Waals surface area contributed by atoms with Crippen LogP contribution in [0.2, 0.25) is 0 Å². The maximum Gasteiger partial charge on any atom is 0.207 e. The molecule has 1 amide bonds. The summed E-state index contributed by atoms with van der Waals surface area (Å²) in [6.45, 7) is 5.32. The molecule has 0 aromatic heterocycles. The molecule has 2 atom stereocenters. The molecule has 64 valence electrons. The van der Waals surface area contributed by atoms with Gasteiger partial charge in [0.05, 0.1) is 0 Å². The number of rotatable bonds is 5. The number of carbonyl (C=O) groups excluding carboxylic acids is 2. The van der Waals surface area contributed by atoms with Crippen LogP contribution in [0.3, 0.4) is 0 Å². The summed E-state index contributed by atoms with van der Waals surface area (Å²) < 4.78 is 0. The molecule has 11 heavy (non-hydrogen) atoms. The van der Waals surface area contributed by atoms with Crippen molar-refractivity contribution in [2.24, 2.45) is 5.92 Å². The molecule has 0 heterocycles. The fourth-order valence-corrected chi connectivity index (χ4v) is 0.880. The van der Waals surface area contributed by atoms with Crippen molar-refractivity contribution in [1.82, 2.24) is 5.32 Å². The molecule has 3 nitrogen and oxygen atoms in total. The average molecular weight is 157 g/mol. The van der Waals surface area contributed by atoms with Crippen LogP contribution in [-0.2, 0) is 9.59 Å². The van der Waals surface area contributed by atoms with Gasteiger partial charge in [0.25, 0.3) is 0 Å². The van der Waals surface area contributed by atoms with Gasteiger partial charge in [-0.3, -0.25) is 9.59 Å². The number of ketones is 1. The zero-order valence-corrected chi connectivity index (χ0v) is 7.26. The fraction of sp³-hybridized carbons (Fsp3) is 0.750. The molecule has 0 aromatic rings. The van der Waals surface area contributed by atoms with E-state index in [1.807, 2.05) is 13.8 Å². The normalized spacial score (nSPS) is 15.2. The molecule has 0 rings (SSSR count). The van der Waals surface area contributed by atoms with E-state index in [-0.39, 0.29) is 17.7 Å². The van der Waals surface area contributed by atoms with Crippen molar-refractivity contribution in [3.8, 4) is 0 Å². The molecule has 3 heteroatoms. The first-order valence-corrected chi connectivity index (χ1v) is 3.78. The van der Waals surface area contributed by atoms with Gasteiger partial charge in [-0.15, -0.1) is 0 Å². The maximum absolute atomic E-state index is 10.8. The van der Waals surface area contributed by atoms with Gasteiger partial charge in [0, 0.05) is 12.0 Å². The van der Waals surface area contributed by atoms with Crippen LogP contribution in [0.1, 0.15) is 27.2 Å². The number of hydrogen-bond acceptors (Lipinski definition) is 2. The Morgan fingerprint density at radius 3 is 2.45 bits per heavy atom. The Kier molecular flexibility index (Phi) is 4.50. The molecule has 0 aliphatic rings. The number of nitrogens with one attached hydrogen (secondary N) is 1. The predicted octanol–water partition coefficient (Wildman–Crippen LogP) is 0.736. The Labute approximate surface area is 67.2 Å². The highest BCUT2D eigenvalue weighted by molar-refractivity contribution is 5.77. The monoisotopic (exact) mass is 157 g/mol. The van der Waals surface area contributed by atoms with Crippen molar-refractivity contribution in [1.29, 1.82) is 0 Å². The molecule has 0 saturated carbocycles. The van der Waals surface area contributed by atoms with Gasteiger partial charge in [-0.2, -0.15) is 0 Å². The summed E-state index contributed by atoms with van der Waals surface area (Å²) in [5, 5.41) is 2.60. The maximum atomic E-state index is 10.8. The minimum absolute atomic E-state index is 0.0393. The zero-order chi connectivity index (χ0) is 8.85. The van der Waals surface area contributed by atoms with Gasteiger partial charge in [-0.1, -0.05) is 6.92 Å². The third-order valence-electron chi connectivity index (χ3n) is 1.75. The number of carbonyl (C=O) groups is 2. The molecule has 0 aliphatic heterocycles. The fourth-order valence-electron chi connectivity index (χ4n) is 0.880. The predicted molar refractivity (Wildman–Crippen MR) is 43.1 cm³/mol. The first kappa shape index (κ1) is 10.1. The molecule has 0 saturated heterocycles. The van der Waals surface area contributed by atoms with E-state index in [0.29, 0.717) is 12.8 Å². The van der Waals surface area contributed by atoms with E-state index >= 15 is 0 Å². The molecular formula is C8H15NO2. The Bertz CT molecular complexity index is 145. The molecule has 0 spiro atoms. The van der Waals surface area contributed by atoms with Crippen LogP contribution in [0.4, 0.5) is 0 Å². The van der Waals surface area contributed by atoms with E-state index in [1.54, 1.807) is 6.92 Å². The SMILES string of the molecule is CC(=O)C(C)C[C@@H](C)NC=O. The van der Waals surface area contributed by atoms with Gasteiger partial charge in [0.1, 0.15) is 5.78 Å². The number of hydrogen-bond donors (Lipinski definition) is 1. The second kappa shape index (κ2) is 4.88. The lowest BCUT2D eigenvalue weighted by atomic mass is 9.99. The summed E-state index contributed by atoms with van der Waals surface area (Å²) >= 11 is 0. The summed E-state index contributed by atoms with van der Waals surface area (Å²) in [4.78, 5) is 20.7. The van der Waals surface area contributed by atoms with Crippen molar-refractivity contribution in [3.05, 3.63) is 0 Å². The van der Waals surface area contributed by atoms with Crippen molar-refractivity contribution in [3.63, 3.8) is 0 Å². The van der Waals surface area contributed by atoms with Gasteiger partial charge in [-0.05, 0) is 20.3 Å². The summed E-state index contributed by atoms with van der Waals surface area (Å²) in [7, 11) is 0. The van der Waals surface area contributed by atoms with Gasteiger partial charge in [0.2, 0.25) is 6.41 Å². The number of Topliss-reactive ketones (excluding diaryl/α,β-unsaturated/α-hetero) is 1. The third-order valence-corrected chi connectivity index (χ3v) is 1.75. The van der Waals surface area contributed by atoms with Crippen LogP contribution in [0, 0.1) is 5.92 Å². The molecule has 0 aliphatic carbocycles. The van der Waals surface area contributed by atoms with Crippen LogP contribution in [0.15, 0.2) is 0 Å². The second-order valence-electron chi connectivity index (χ2n) is 2.93. The van der Waals surface area contributed by atoms with Crippen LogP contribution >= 0.6 is 0 Å².